The van der Waals surface area contributed by atoms with Crippen LogP contribution < -0.4 is 5.32 Å². The van der Waals surface area contributed by atoms with E-state index in [1.54, 1.807) is 24.0 Å². The number of hydrogen-bond donors (Lipinski definition) is 1. The molecule has 0 fully saturated rings. The fourth-order valence-electron chi connectivity index (χ4n) is 3.24. The van der Waals surface area contributed by atoms with E-state index in [2.05, 4.69) is 43.4 Å². The second-order valence-electron chi connectivity index (χ2n) is 7.64. The van der Waals surface area contributed by atoms with Crippen molar-refractivity contribution in [3.8, 4) is 0 Å². The number of nitrogens with one attached hydrogen (secondary N) is 1. The van der Waals surface area contributed by atoms with Crippen LogP contribution in [-0.2, 0) is 29.0 Å². The molecule has 0 heterocycles. The fourth-order valence-corrected chi connectivity index (χ4v) is 3.24. The van der Waals surface area contributed by atoms with Crippen LogP contribution in [0.25, 0.3) is 0 Å². The van der Waals surface area contributed by atoms with E-state index < -0.39 is 6.04 Å². The number of halogens is 1. The Labute approximate surface area is 179 Å². The van der Waals surface area contributed by atoms with Crippen LogP contribution in [0.4, 0.5) is 4.39 Å². The summed E-state index contributed by atoms with van der Waals surface area (Å²) in [4.78, 5) is 27.2. The van der Waals surface area contributed by atoms with Gasteiger partial charge >= 0.3 is 0 Å². The smallest absolute Gasteiger partial charge is 0.242 e. The molecule has 1 atom stereocenters. The van der Waals surface area contributed by atoms with Crippen molar-refractivity contribution in [3.63, 3.8) is 0 Å². The number of rotatable bonds is 11. The van der Waals surface area contributed by atoms with E-state index in [0.29, 0.717) is 19.4 Å². The molecule has 162 valence electrons. The van der Waals surface area contributed by atoms with Crippen molar-refractivity contribution in [2.75, 3.05) is 6.54 Å². The zero-order chi connectivity index (χ0) is 21.9. The van der Waals surface area contributed by atoms with Crippen LogP contribution >= 0.6 is 0 Å². The summed E-state index contributed by atoms with van der Waals surface area (Å²) >= 11 is 0. The van der Waals surface area contributed by atoms with E-state index in [1.807, 2.05) is 0 Å². The third-order valence-electron chi connectivity index (χ3n) is 5.32. The number of nitrogens with zero attached hydrogens (tertiary/aromatic N) is 1. The Morgan fingerprint density at radius 3 is 2.17 bits per heavy atom. The minimum atomic E-state index is -0.595. The third-order valence-corrected chi connectivity index (χ3v) is 5.32. The SMILES string of the molecule is CCCCNC(=O)[C@H](C)N(Cc1ccc(F)cc1)C(=O)CCc1ccc(CC)cc1. The summed E-state index contributed by atoms with van der Waals surface area (Å²) in [6.07, 6.45) is 3.81. The van der Waals surface area contributed by atoms with Gasteiger partial charge in [-0.2, -0.15) is 0 Å². The fraction of sp³-hybridized carbons (Fsp3) is 0.440. The highest BCUT2D eigenvalue weighted by Crippen LogP contribution is 2.14. The normalized spacial score (nSPS) is 11.7. The van der Waals surface area contributed by atoms with E-state index >= 15 is 0 Å². The van der Waals surface area contributed by atoms with Crippen LogP contribution in [0.3, 0.4) is 0 Å². The number of benzene rings is 2. The van der Waals surface area contributed by atoms with Crippen LogP contribution in [-0.4, -0.2) is 29.3 Å². The Hall–Kier alpha value is -2.69. The number of unbranched alkanes of at least 4 members (excludes halogenated alkanes) is 1. The van der Waals surface area contributed by atoms with Gasteiger partial charge in [0.1, 0.15) is 11.9 Å². The average molecular weight is 413 g/mol. The van der Waals surface area contributed by atoms with Gasteiger partial charge in [0, 0.05) is 19.5 Å². The average Bonchev–Trinajstić information content (AvgIpc) is 2.77. The summed E-state index contributed by atoms with van der Waals surface area (Å²) in [5, 5.41) is 2.91. The largest absolute Gasteiger partial charge is 0.354 e. The second-order valence-corrected chi connectivity index (χ2v) is 7.64. The number of aryl methyl sites for hydroxylation is 2. The molecule has 1 N–H and O–H groups in total. The van der Waals surface area contributed by atoms with Crippen molar-refractivity contribution in [1.82, 2.24) is 10.2 Å². The molecule has 0 saturated carbocycles. The summed E-state index contributed by atoms with van der Waals surface area (Å²) in [6, 6.07) is 13.7. The molecule has 4 nitrogen and oxygen atoms in total. The lowest BCUT2D eigenvalue weighted by atomic mass is 10.0. The molecule has 0 spiro atoms. The molecule has 0 saturated heterocycles. The van der Waals surface area contributed by atoms with Gasteiger partial charge < -0.3 is 10.2 Å². The standard InChI is InChI=1S/C25H33FN2O2/c1-4-6-17-27-25(30)19(3)28(18-22-11-14-23(26)15-12-22)24(29)16-13-21-9-7-20(5-2)8-10-21/h7-12,14-15,19H,4-6,13,16-18H2,1-3H3,(H,27,30)/t19-/m0/s1. The van der Waals surface area contributed by atoms with Crippen LogP contribution in [0.15, 0.2) is 48.5 Å². The predicted molar refractivity (Wildman–Crippen MR) is 118 cm³/mol. The van der Waals surface area contributed by atoms with Crippen molar-refractivity contribution in [2.45, 2.75) is 65.5 Å². The van der Waals surface area contributed by atoms with E-state index in [4.69, 9.17) is 0 Å². The van der Waals surface area contributed by atoms with Crippen molar-refractivity contribution in [3.05, 3.63) is 71.0 Å². The lowest BCUT2D eigenvalue weighted by Gasteiger charge is -2.29. The molecule has 0 radical (unpaired) electrons. The molecule has 2 aromatic carbocycles. The maximum Gasteiger partial charge on any atom is 0.242 e. The lowest BCUT2D eigenvalue weighted by molar-refractivity contribution is -0.140. The second kappa shape index (κ2) is 12.1. The van der Waals surface area contributed by atoms with Crippen LogP contribution in [0.2, 0.25) is 0 Å². The van der Waals surface area contributed by atoms with E-state index in [-0.39, 0.29) is 24.2 Å². The monoisotopic (exact) mass is 412 g/mol. The molecule has 5 heteroatoms. The topological polar surface area (TPSA) is 49.4 Å². The molecule has 0 aliphatic rings. The van der Waals surface area contributed by atoms with Gasteiger partial charge in [-0.25, -0.2) is 4.39 Å². The zero-order valence-corrected chi connectivity index (χ0v) is 18.3. The summed E-state index contributed by atoms with van der Waals surface area (Å²) in [6.45, 7) is 6.79. The molecule has 0 aliphatic carbocycles. The molecule has 0 unspecified atom stereocenters. The molecular formula is C25H33FN2O2. The van der Waals surface area contributed by atoms with Crippen LogP contribution in [0.1, 0.15) is 56.7 Å². The van der Waals surface area contributed by atoms with Crippen LogP contribution in [0, 0.1) is 5.82 Å². The van der Waals surface area contributed by atoms with Crippen LogP contribution in [0.5, 0.6) is 0 Å². The van der Waals surface area contributed by atoms with Gasteiger partial charge in [-0.3, -0.25) is 9.59 Å². The van der Waals surface area contributed by atoms with Gasteiger partial charge in [0.05, 0.1) is 0 Å². The third kappa shape index (κ3) is 7.29. The number of carbonyl (C=O) groups excluding carboxylic acids is 2. The molecular weight excluding hydrogens is 379 g/mol. The number of amides is 2. The van der Waals surface area contributed by atoms with E-state index in [9.17, 15) is 14.0 Å². The Balaban J connectivity index is 2.08. The molecule has 0 bridgehead atoms. The highest BCUT2D eigenvalue weighted by molar-refractivity contribution is 5.87. The lowest BCUT2D eigenvalue weighted by Crippen LogP contribution is -2.47. The first-order valence-electron chi connectivity index (χ1n) is 10.8. The Bertz CT molecular complexity index is 803. The highest BCUT2D eigenvalue weighted by Gasteiger charge is 2.25. The van der Waals surface area contributed by atoms with Gasteiger partial charge in [-0.05, 0) is 55.0 Å². The van der Waals surface area contributed by atoms with Crippen molar-refractivity contribution in [1.29, 1.82) is 0 Å². The molecule has 0 aromatic heterocycles. The predicted octanol–water partition coefficient (Wildman–Crippen LogP) is 4.65. The quantitative estimate of drug-likeness (QED) is 0.546. The molecule has 2 aromatic rings. The summed E-state index contributed by atoms with van der Waals surface area (Å²) in [5.41, 5.74) is 3.16. The van der Waals surface area contributed by atoms with E-state index in [1.165, 1.54) is 17.7 Å². The van der Waals surface area contributed by atoms with Gasteiger partial charge in [-0.1, -0.05) is 56.7 Å². The Morgan fingerprint density at radius 1 is 0.967 bits per heavy atom. The summed E-state index contributed by atoms with van der Waals surface area (Å²) in [7, 11) is 0. The zero-order valence-electron chi connectivity index (χ0n) is 18.3. The van der Waals surface area contributed by atoms with Crippen molar-refractivity contribution < 1.29 is 14.0 Å². The first-order chi connectivity index (χ1) is 14.4. The van der Waals surface area contributed by atoms with Gasteiger partial charge in [0.15, 0.2) is 0 Å². The molecule has 0 aliphatic heterocycles. The molecule has 2 amide bonds. The number of hydrogen-bond acceptors (Lipinski definition) is 2. The first kappa shape index (κ1) is 23.6. The summed E-state index contributed by atoms with van der Waals surface area (Å²) < 4.78 is 13.3. The van der Waals surface area contributed by atoms with Crippen molar-refractivity contribution in [2.24, 2.45) is 0 Å². The minimum absolute atomic E-state index is 0.0861. The van der Waals surface area contributed by atoms with Crippen molar-refractivity contribution >= 4 is 11.8 Å². The maximum atomic E-state index is 13.3. The number of carbonyl (C=O) groups is 2. The molecule has 2 rings (SSSR count). The highest BCUT2D eigenvalue weighted by atomic mass is 19.1. The Kier molecular flexibility index (Phi) is 9.52. The maximum absolute atomic E-state index is 13.3. The van der Waals surface area contributed by atoms with Gasteiger partial charge in [-0.15, -0.1) is 0 Å². The van der Waals surface area contributed by atoms with Gasteiger partial charge in [0.25, 0.3) is 0 Å². The first-order valence-corrected chi connectivity index (χ1v) is 10.8. The molecule has 30 heavy (non-hydrogen) atoms. The van der Waals surface area contributed by atoms with E-state index in [0.717, 1.165) is 30.4 Å². The Morgan fingerprint density at radius 2 is 1.57 bits per heavy atom. The van der Waals surface area contributed by atoms with Gasteiger partial charge in [0.2, 0.25) is 11.8 Å². The summed E-state index contributed by atoms with van der Waals surface area (Å²) in [5.74, 6) is -0.569. The minimum Gasteiger partial charge on any atom is -0.354 e.